The van der Waals surface area contributed by atoms with E-state index in [1.165, 1.54) is 21.9 Å². The van der Waals surface area contributed by atoms with Gasteiger partial charge >= 0.3 is 0 Å². The van der Waals surface area contributed by atoms with Crippen LogP contribution < -0.4 is 26.8 Å². The summed E-state index contributed by atoms with van der Waals surface area (Å²) in [6, 6.07) is 43.5. The number of quaternary nitrogens is 1. The summed E-state index contributed by atoms with van der Waals surface area (Å²) in [5.74, 6) is 1.07. The highest BCUT2D eigenvalue weighted by molar-refractivity contribution is 7.19. The van der Waals surface area contributed by atoms with Crippen molar-refractivity contribution in [3.05, 3.63) is 146 Å². The first-order chi connectivity index (χ1) is 16.7. The van der Waals surface area contributed by atoms with E-state index < -0.39 is 6.15 Å². The molecule has 5 rings (SSSR count). The molecule has 0 saturated carbocycles. The van der Waals surface area contributed by atoms with Gasteiger partial charge in [-0.25, -0.2) is 4.90 Å². The van der Waals surface area contributed by atoms with Crippen LogP contribution in [-0.2, 0) is 0 Å². The molecule has 0 aromatic heterocycles. The Balaban J connectivity index is 0.000000257. The Kier molecular flexibility index (Phi) is 7.36. The summed E-state index contributed by atoms with van der Waals surface area (Å²) in [5, 5.41) is 0. The Morgan fingerprint density at radius 3 is 1.12 bits per heavy atom. The fraction of sp³-hybridized carbons (Fsp3) is 0.0645. The molecule has 1 N–H and O–H groups in total. The van der Waals surface area contributed by atoms with Crippen molar-refractivity contribution in [3.8, 4) is 0 Å². The number of amidine groups is 1. The van der Waals surface area contributed by atoms with Crippen molar-refractivity contribution in [1.82, 2.24) is 0 Å². The standard InChI is InChI=1S/C24H20B.C7H10N2/c1-5-13-21(14-6-1)25(22-15-7-2-8-16-22,23-17-9-3-10-18-23)24-19-11-4-12-20-24;1-4-9-5-6(2)8-7(9)3/h1-20H;4-5H,1H2,2-3H3/q-1;/p+1. The zero-order valence-electron chi connectivity index (χ0n) is 19.9. The molecule has 1 atom stereocenters. The minimum atomic E-state index is -1.22. The lowest BCUT2D eigenvalue weighted by Gasteiger charge is -2.44. The van der Waals surface area contributed by atoms with Crippen LogP contribution in [0.4, 0.5) is 0 Å². The van der Waals surface area contributed by atoms with E-state index in [-0.39, 0.29) is 0 Å². The van der Waals surface area contributed by atoms with E-state index in [0.29, 0.717) is 0 Å². The van der Waals surface area contributed by atoms with Crippen LogP contribution in [0.1, 0.15) is 13.8 Å². The Morgan fingerprint density at radius 2 is 0.912 bits per heavy atom. The van der Waals surface area contributed by atoms with Crippen LogP contribution in [0, 0.1) is 0 Å². The van der Waals surface area contributed by atoms with E-state index in [9.17, 15) is 0 Å². The molecule has 0 aliphatic carbocycles. The minimum Gasteiger partial charge on any atom is -0.237 e. The molecule has 168 valence electrons. The molecule has 4 aromatic carbocycles. The maximum absolute atomic E-state index is 4.21. The lowest BCUT2D eigenvalue weighted by Crippen LogP contribution is -3.04. The van der Waals surface area contributed by atoms with Crippen LogP contribution >= 0.6 is 0 Å². The molecule has 0 amide bonds. The minimum absolute atomic E-state index is 1.07. The fourth-order valence-electron chi connectivity index (χ4n) is 5.02. The van der Waals surface area contributed by atoms with Crippen LogP contribution in [0.25, 0.3) is 0 Å². The van der Waals surface area contributed by atoms with E-state index in [1.54, 1.807) is 0 Å². The fourth-order valence-corrected chi connectivity index (χ4v) is 5.02. The molecule has 1 heterocycles. The van der Waals surface area contributed by atoms with Gasteiger partial charge in [-0.3, -0.25) is 0 Å². The molecule has 1 aliphatic heterocycles. The third-order valence-electron chi connectivity index (χ3n) is 6.54. The van der Waals surface area contributed by atoms with Crippen molar-refractivity contribution < 1.29 is 4.90 Å². The molecule has 0 fully saturated rings. The van der Waals surface area contributed by atoms with Crippen molar-refractivity contribution in [3.63, 3.8) is 0 Å². The average molecular weight is 442 g/mol. The zero-order valence-corrected chi connectivity index (χ0v) is 19.9. The predicted octanol–water partition coefficient (Wildman–Crippen LogP) is 3.37. The highest BCUT2D eigenvalue weighted by atomic mass is 15.2. The molecule has 3 heteroatoms. The molecule has 1 aliphatic rings. The first-order valence-electron chi connectivity index (χ1n) is 11.8. The van der Waals surface area contributed by atoms with Crippen LogP contribution in [0.5, 0.6) is 0 Å². The molecule has 0 saturated heterocycles. The molecule has 0 spiro atoms. The second-order valence-electron chi connectivity index (χ2n) is 8.65. The third kappa shape index (κ3) is 4.71. The molecule has 0 bridgehead atoms. The van der Waals surface area contributed by atoms with E-state index in [4.69, 9.17) is 0 Å². The topological polar surface area (TPSA) is 16.8 Å². The number of aliphatic imine (C=N–C) groups is 1. The quantitative estimate of drug-likeness (QED) is 0.457. The number of hydrogen-bond acceptors (Lipinski definition) is 1. The summed E-state index contributed by atoms with van der Waals surface area (Å²) in [4.78, 5) is 5.36. The maximum atomic E-state index is 4.21. The maximum Gasteiger partial charge on any atom is 0.207 e. The van der Waals surface area contributed by atoms with Gasteiger partial charge in [-0.15, -0.1) is 0 Å². The van der Waals surface area contributed by atoms with Gasteiger partial charge in [0.05, 0.1) is 11.9 Å². The monoisotopic (exact) mass is 442 g/mol. The first-order valence-corrected chi connectivity index (χ1v) is 11.8. The molecule has 1 unspecified atom stereocenters. The number of rotatable bonds is 5. The number of benzene rings is 4. The third-order valence-corrected chi connectivity index (χ3v) is 6.54. The number of nitrogens with zero attached hydrogens (tertiary/aromatic N) is 1. The Labute approximate surface area is 203 Å². The van der Waals surface area contributed by atoms with Gasteiger partial charge < -0.3 is 0 Å². The zero-order chi connectivity index (χ0) is 23.8. The van der Waals surface area contributed by atoms with Crippen molar-refractivity contribution >= 4 is 33.8 Å². The summed E-state index contributed by atoms with van der Waals surface area (Å²) in [5.41, 5.74) is 6.43. The molecule has 0 radical (unpaired) electrons. The van der Waals surface area contributed by atoms with Gasteiger partial charge in [-0.1, -0.05) is 121 Å². The number of hydrogen-bond donors (Lipinski definition) is 1. The first kappa shape index (κ1) is 23.2. The van der Waals surface area contributed by atoms with E-state index in [0.717, 1.165) is 16.4 Å². The van der Waals surface area contributed by atoms with E-state index in [1.807, 2.05) is 26.2 Å². The summed E-state index contributed by atoms with van der Waals surface area (Å²) in [7, 11) is 0. The van der Waals surface area contributed by atoms with E-state index >= 15 is 0 Å². The Morgan fingerprint density at radius 1 is 0.588 bits per heavy atom. The number of allylic oxidation sites excluding steroid dienone is 1. The van der Waals surface area contributed by atoms with Gasteiger partial charge in [0.1, 0.15) is 12.3 Å². The molecule has 4 aromatic rings. The van der Waals surface area contributed by atoms with Gasteiger partial charge in [0.2, 0.25) is 5.84 Å². The largest absolute Gasteiger partial charge is 0.237 e. The van der Waals surface area contributed by atoms with Gasteiger partial charge in [0.15, 0.2) is 0 Å². The highest BCUT2D eigenvalue weighted by Gasteiger charge is 2.31. The molecular formula is C31H31BN2. The van der Waals surface area contributed by atoms with Crippen molar-refractivity contribution in [2.75, 3.05) is 0 Å². The van der Waals surface area contributed by atoms with Gasteiger partial charge in [-0.05, 0) is 13.5 Å². The van der Waals surface area contributed by atoms with Gasteiger partial charge in [0.25, 0.3) is 0 Å². The Hall–Kier alpha value is -3.95. The SMILES string of the molecule is C=C[NH+]1C=C(C)N=C1C.c1ccc([B-](c2ccccc2)(c2ccccc2)c2ccccc2)cc1. The molecular weight excluding hydrogens is 411 g/mol. The van der Waals surface area contributed by atoms with Crippen molar-refractivity contribution in [2.45, 2.75) is 13.8 Å². The molecule has 34 heavy (non-hydrogen) atoms. The molecule has 2 nitrogen and oxygen atoms in total. The Bertz CT molecular complexity index is 1100. The van der Waals surface area contributed by atoms with Gasteiger partial charge in [-0.2, -0.15) is 26.8 Å². The van der Waals surface area contributed by atoms with Gasteiger partial charge in [0, 0.05) is 6.92 Å². The smallest absolute Gasteiger partial charge is 0.207 e. The second kappa shape index (κ2) is 10.8. The summed E-state index contributed by atoms with van der Waals surface area (Å²) in [6.07, 6.45) is 2.64. The average Bonchev–Trinajstić information content (AvgIpc) is 3.24. The number of nitrogens with one attached hydrogen (secondary N) is 1. The van der Waals surface area contributed by atoms with Crippen LogP contribution in [0.3, 0.4) is 0 Å². The van der Waals surface area contributed by atoms with Crippen LogP contribution in [0.15, 0.2) is 151 Å². The predicted molar refractivity (Wildman–Crippen MR) is 148 cm³/mol. The summed E-state index contributed by atoms with van der Waals surface area (Å²) in [6.45, 7) is 7.64. The van der Waals surface area contributed by atoms with Crippen molar-refractivity contribution in [2.24, 2.45) is 4.99 Å². The summed E-state index contributed by atoms with van der Waals surface area (Å²) < 4.78 is 0. The second-order valence-corrected chi connectivity index (χ2v) is 8.65. The lowest BCUT2D eigenvalue weighted by molar-refractivity contribution is -0.680. The lowest BCUT2D eigenvalue weighted by atomic mass is 9.13. The van der Waals surface area contributed by atoms with Crippen molar-refractivity contribution in [1.29, 1.82) is 0 Å². The normalized spacial score (nSPS) is 14.9. The van der Waals surface area contributed by atoms with E-state index in [2.05, 4.69) is 133 Å². The van der Waals surface area contributed by atoms with Crippen LogP contribution in [0.2, 0.25) is 0 Å². The van der Waals surface area contributed by atoms with Crippen LogP contribution in [-0.4, -0.2) is 12.0 Å². The summed E-state index contributed by atoms with van der Waals surface area (Å²) >= 11 is 0. The highest BCUT2D eigenvalue weighted by Crippen LogP contribution is 2.09.